The van der Waals surface area contributed by atoms with E-state index in [1.807, 2.05) is 4.72 Å². The zero-order valence-corrected chi connectivity index (χ0v) is 12.9. The number of amides is 1. The molecule has 8 heteroatoms. The lowest BCUT2D eigenvalue weighted by molar-refractivity contribution is -0.129. The summed E-state index contributed by atoms with van der Waals surface area (Å²) >= 11 is 0. The van der Waals surface area contributed by atoms with Crippen molar-refractivity contribution in [1.29, 1.82) is 0 Å². The molecular formula is C14H15FN2O4S. The van der Waals surface area contributed by atoms with Gasteiger partial charge >= 0.3 is 0 Å². The Kier molecular flexibility index (Phi) is 4.72. The van der Waals surface area contributed by atoms with Crippen LogP contribution < -0.4 is 4.72 Å². The van der Waals surface area contributed by atoms with E-state index in [4.69, 9.17) is 4.74 Å². The number of rotatable bonds is 5. The first-order chi connectivity index (χ1) is 10.4. The molecule has 2 aromatic rings. The van der Waals surface area contributed by atoms with Crippen LogP contribution in [0.1, 0.15) is 13.8 Å². The van der Waals surface area contributed by atoms with Crippen molar-refractivity contribution in [2.24, 2.45) is 0 Å². The number of pyridine rings is 1. The Hall–Kier alpha value is -2.06. The molecule has 1 amide bonds. The van der Waals surface area contributed by atoms with Gasteiger partial charge in [0.15, 0.2) is 0 Å². The number of halogens is 1. The van der Waals surface area contributed by atoms with E-state index in [9.17, 15) is 17.6 Å². The van der Waals surface area contributed by atoms with E-state index in [1.54, 1.807) is 6.92 Å². The van der Waals surface area contributed by atoms with E-state index >= 15 is 0 Å². The van der Waals surface area contributed by atoms with Crippen LogP contribution in [-0.4, -0.2) is 32.0 Å². The van der Waals surface area contributed by atoms with Crippen LogP contribution in [0.5, 0.6) is 0 Å². The molecule has 0 aliphatic carbocycles. The summed E-state index contributed by atoms with van der Waals surface area (Å²) < 4.78 is 45.3. The number of nitrogens with zero attached hydrogens (tertiary/aromatic N) is 1. The molecule has 1 aromatic carbocycles. The molecule has 0 spiro atoms. The number of nitrogens with one attached hydrogen (secondary N) is 1. The Morgan fingerprint density at radius 1 is 1.41 bits per heavy atom. The molecule has 6 nitrogen and oxygen atoms in total. The Balaban J connectivity index is 2.43. The molecule has 1 unspecified atom stereocenters. The smallest absolute Gasteiger partial charge is 0.264 e. The van der Waals surface area contributed by atoms with Crippen LogP contribution in [0.4, 0.5) is 4.39 Å². The third-order valence-corrected chi connectivity index (χ3v) is 4.40. The molecule has 0 bridgehead atoms. The monoisotopic (exact) mass is 326 g/mol. The fourth-order valence-corrected chi connectivity index (χ4v) is 3.18. The summed E-state index contributed by atoms with van der Waals surface area (Å²) in [6.45, 7) is 3.41. The molecule has 0 saturated carbocycles. The second-order valence-corrected chi connectivity index (χ2v) is 6.16. The first-order valence-electron chi connectivity index (χ1n) is 6.58. The summed E-state index contributed by atoms with van der Waals surface area (Å²) in [5.74, 6) is -1.42. The van der Waals surface area contributed by atoms with Crippen molar-refractivity contribution >= 4 is 26.8 Å². The summed E-state index contributed by atoms with van der Waals surface area (Å²) in [4.78, 5) is 15.4. The summed E-state index contributed by atoms with van der Waals surface area (Å²) in [6, 6.07) is 5.02. The van der Waals surface area contributed by atoms with Crippen molar-refractivity contribution in [1.82, 2.24) is 9.71 Å². The summed E-state index contributed by atoms with van der Waals surface area (Å²) in [5, 5.41) is 0.104. The molecule has 1 heterocycles. The first kappa shape index (κ1) is 16.3. The van der Waals surface area contributed by atoms with E-state index in [2.05, 4.69) is 4.98 Å². The van der Waals surface area contributed by atoms with Gasteiger partial charge in [0.1, 0.15) is 17.4 Å². The average Bonchev–Trinajstić information content (AvgIpc) is 2.47. The third kappa shape index (κ3) is 3.23. The van der Waals surface area contributed by atoms with Gasteiger partial charge in [0.05, 0.1) is 4.90 Å². The molecule has 0 aliphatic rings. The highest BCUT2D eigenvalue weighted by molar-refractivity contribution is 7.90. The van der Waals surface area contributed by atoms with Gasteiger partial charge < -0.3 is 4.74 Å². The predicted octanol–water partition coefficient (Wildman–Crippen LogP) is 1.60. The number of carbonyl (C=O) groups is 1. The van der Waals surface area contributed by atoms with Crippen molar-refractivity contribution in [3.05, 3.63) is 36.3 Å². The van der Waals surface area contributed by atoms with Crippen LogP contribution in [0.3, 0.4) is 0 Å². The lowest BCUT2D eigenvalue weighted by Crippen LogP contribution is -2.38. The SMILES string of the molecule is CCOC(C)C(=O)NS(=O)(=O)c1ccc(F)c2ncccc12. The minimum absolute atomic E-state index is 0.0734. The average molecular weight is 326 g/mol. The molecule has 0 saturated heterocycles. The van der Waals surface area contributed by atoms with Gasteiger partial charge in [-0.1, -0.05) is 0 Å². The highest BCUT2D eigenvalue weighted by atomic mass is 32.2. The fraction of sp³-hybridized carbons (Fsp3) is 0.286. The molecule has 0 fully saturated rings. The third-order valence-electron chi connectivity index (χ3n) is 2.99. The minimum Gasteiger partial charge on any atom is -0.369 e. The number of ether oxygens (including phenoxy) is 1. The highest BCUT2D eigenvalue weighted by Crippen LogP contribution is 2.23. The number of hydrogen-bond acceptors (Lipinski definition) is 5. The Morgan fingerprint density at radius 2 is 2.14 bits per heavy atom. The van der Waals surface area contributed by atoms with Crippen molar-refractivity contribution < 1.29 is 22.3 Å². The Labute approximate surface area is 127 Å². The second kappa shape index (κ2) is 6.37. The number of hydrogen-bond donors (Lipinski definition) is 1. The molecule has 0 radical (unpaired) electrons. The molecule has 118 valence electrons. The topological polar surface area (TPSA) is 85.4 Å². The van der Waals surface area contributed by atoms with Gasteiger partial charge in [0.2, 0.25) is 0 Å². The van der Waals surface area contributed by atoms with Crippen molar-refractivity contribution in [3.8, 4) is 0 Å². The highest BCUT2D eigenvalue weighted by Gasteiger charge is 2.24. The number of carbonyl (C=O) groups excluding carboxylic acids is 1. The minimum atomic E-state index is -4.15. The van der Waals surface area contributed by atoms with Crippen LogP contribution in [-0.2, 0) is 19.6 Å². The molecule has 2 rings (SSSR count). The zero-order chi connectivity index (χ0) is 16.3. The number of sulfonamides is 1. The van der Waals surface area contributed by atoms with Crippen LogP contribution in [0, 0.1) is 5.82 Å². The maximum Gasteiger partial charge on any atom is 0.264 e. The fourth-order valence-electron chi connectivity index (χ4n) is 1.94. The standard InChI is InChI=1S/C14H15FN2O4S/c1-3-21-9(2)14(18)17-22(19,20)12-7-6-11(15)13-10(12)5-4-8-16-13/h4-9H,3H2,1-2H3,(H,17,18). The van der Waals surface area contributed by atoms with Crippen molar-refractivity contribution in [3.63, 3.8) is 0 Å². The lowest BCUT2D eigenvalue weighted by Gasteiger charge is -2.13. The molecule has 1 N–H and O–H groups in total. The van der Waals surface area contributed by atoms with Crippen LogP contribution in [0.15, 0.2) is 35.4 Å². The van der Waals surface area contributed by atoms with Gasteiger partial charge in [-0.05, 0) is 38.1 Å². The van der Waals surface area contributed by atoms with Gasteiger partial charge in [0, 0.05) is 18.2 Å². The summed E-state index contributed by atoms with van der Waals surface area (Å²) in [6.07, 6.45) is 0.446. The van der Waals surface area contributed by atoms with Gasteiger partial charge in [-0.3, -0.25) is 9.78 Å². The summed E-state index contributed by atoms with van der Waals surface area (Å²) in [5.41, 5.74) is -0.0734. The lowest BCUT2D eigenvalue weighted by atomic mass is 10.2. The van der Waals surface area contributed by atoms with Crippen LogP contribution in [0.2, 0.25) is 0 Å². The number of aromatic nitrogens is 1. The molecule has 22 heavy (non-hydrogen) atoms. The molecule has 1 atom stereocenters. The predicted molar refractivity (Wildman–Crippen MR) is 78.1 cm³/mol. The van der Waals surface area contributed by atoms with Gasteiger partial charge in [0.25, 0.3) is 15.9 Å². The molecule has 0 aliphatic heterocycles. The van der Waals surface area contributed by atoms with E-state index in [0.29, 0.717) is 0 Å². The summed E-state index contributed by atoms with van der Waals surface area (Å²) in [7, 11) is -4.15. The van der Waals surface area contributed by atoms with E-state index in [0.717, 1.165) is 12.1 Å². The van der Waals surface area contributed by atoms with Gasteiger partial charge in [-0.15, -0.1) is 0 Å². The molecular weight excluding hydrogens is 311 g/mol. The van der Waals surface area contributed by atoms with E-state index in [-0.39, 0.29) is 22.4 Å². The first-order valence-corrected chi connectivity index (χ1v) is 8.06. The van der Waals surface area contributed by atoms with Crippen LogP contribution in [0.25, 0.3) is 10.9 Å². The Bertz CT molecular complexity index is 808. The van der Waals surface area contributed by atoms with Crippen molar-refractivity contribution in [2.75, 3.05) is 6.61 Å². The maximum atomic E-state index is 13.7. The number of benzene rings is 1. The van der Waals surface area contributed by atoms with Crippen LogP contribution >= 0.6 is 0 Å². The largest absolute Gasteiger partial charge is 0.369 e. The normalized spacial score (nSPS) is 13.0. The van der Waals surface area contributed by atoms with E-state index < -0.39 is 27.9 Å². The number of fused-ring (bicyclic) bond motifs is 1. The second-order valence-electron chi connectivity index (χ2n) is 4.51. The van der Waals surface area contributed by atoms with E-state index in [1.165, 1.54) is 25.3 Å². The maximum absolute atomic E-state index is 13.7. The van der Waals surface area contributed by atoms with Crippen molar-refractivity contribution in [2.45, 2.75) is 24.8 Å². The van der Waals surface area contributed by atoms with Gasteiger partial charge in [-0.25, -0.2) is 17.5 Å². The quantitative estimate of drug-likeness (QED) is 0.902. The zero-order valence-electron chi connectivity index (χ0n) is 12.0. The Morgan fingerprint density at radius 3 is 2.82 bits per heavy atom. The molecule has 1 aromatic heterocycles. The van der Waals surface area contributed by atoms with Gasteiger partial charge in [-0.2, -0.15) is 0 Å².